The minimum atomic E-state index is -0.428. The average molecular weight is 429 g/mol. The van der Waals surface area contributed by atoms with Gasteiger partial charge in [-0.25, -0.2) is 0 Å². The van der Waals surface area contributed by atoms with Gasteiger partial charge in [-0.15, -0.1) is 0 Å². The molecule has 6 nitrogen and oxygen atoms in total. The van der Waals surface area contributed by atoms with E-state index in [4.69, 9.17) is 21.7 Å². The maximum Gasteiger partial charge on any atom is 0.285 e. The molecule has 29 heavy (non-hydrogen) atoms. The predicted molar refractivity (Wildman–Crippen MR) is 118 cm³/mol. The Morgan fingerprint density at radius 2 is 1.79 bits per heavy atom. The number of nitrogens with one attached hydrogen (secondary N) is 1. The molecule has 1 heterocycles. The highest BCUT2D eigenvalue weighted by Crippen LogP contribution is 2.31. The molecule has 1 aliphatic heterocycles. The predicted octanol–water partition coefficient (Wildman–Crippen LogP) is 4.03. The van der Waals surface area contributed by atoms with E-state index in [0.29, 0.717) is 22.8 Å². The monoisotopic (exact) mass is 428 g/mol. The van der Waals surface area contributed by atoms with E-state index in [2.05, 4.69) is 5.43 Å². The molecule has 0 aliphatic carbocycles. The van der Waals surface area contributed by atoms with Gasteiger partial charge in [-0.1, -0.05) is 30.8 Å². The molecule has 2 aromatic rings. The fourth-order valence-electron chi connectivity index (χ4n) is 2.50. The number of hydrogen-bond donors (Lipinski definition) is 1. The summed E-state index contributed by atoms with van der Waals surface area (Å²) in [4.78, 5) is 25.6. The fraction of sp³-hybridized carbons (Fsp3) is 0.190. The van der Waals surface area contributed by atoms with Gasteiger partial charge in [0.1, 0.15) is 11.5 Å². The third-order valence-corrected chi connectivity index (χ3v) is 5.31. The zero-order valence-electron chi connectivity index (χ0n) is 16.0. The second kappa shape index (κ2) is 9.58. The molecule has 1 fully saturated rings. The molecule has 0 saturated carbocycles. The summed E-state index contributed by atoms with van der Waals surface area (Å²) in [7, 11) is 1.55. The number of thiocarbonyl (C=S) groups is 1. The summed E-state index contributed by atoms with van der Waals surface area (Å²) in [6.45, 7) is 2.70. The first-order valence-corrected chi connectivity index (χ1v) is 10.2. The number of carbonyl (C=O) groups is 2. The van der Waals surface area contributed by atoms with Crippen LogP contribution in [0, 0.1) is 0 Å². The topological polar surface area (TPSA) is 67.9 Å². The molecule has 1 N–H and O–H groups in total. The third-order valence-electron chi connectivity index (χ3n) is 4.01. The number of hydrogen-bond acceptors (Lipinski definition) is 6. The smallest absolute Gasteiger partial charge is 0.285 e. The molecule has 0 unspecified atom stereocenters. The highest BCUT2D eigenvalue weighted by molar-refractivity contribution is 8.26. The van der Waals surface area contributed by atoms with E-state index in [1.807, 2.05) is 31.2 Å². The van der Waals surface area contributed by atoms with E-state index in [-0.39, 0.29) is 10.2 Å². The Morgan fingerprint density at radius 1 is 1.14 bits per heavy atom. The Hall–Kier alpha value is -2.84. The van der Waals surface area contributed by atoms with Gasteiger partial charge in [-0.3, -0.25) is 15.0 Å². The maximum atomic E-state index is 12.7. The number of ether oxygens (including phenoxy) is 2. The lowest BCUT2D eigenvalue weighted by atomic mass is 10.2. The van der Waals surface area contributed by atoms with Crippen molar-refractivity contribution in [2.45, 2.75) is 13.3 Å². The number of hydrazine groups is 1. The summed E-state index contributed by atoms with van der Waals surface area (Å²) in [5.41, 5.74) is 3.80. The van der Waals surface area contributed by atoms with E-state index in [1.165, 1.54) is 0 Å². The van der Waals surface area contributed by atoms with Crippen molar-refractivity contribution in [1.82, 2.24) is 10.4 Å². The van der Waals surface area contributed by atoms with E-state index >= 15 is 0 Å². The molecule has 2 aromatic carbocycles. The number of methoxy groups -OCH3 is 1. The standard InChI is InChI=1S/C21H20N2O4S2/c1-3-12-27-17-8-4-14(5-9-17)13-18-20(25)23(21(28)29-18)22-19(24)15-6-10-16(26-2)11-7-15/h4-11,13H,3,12H2,1-2H3,(H,22,24). The van der Waals surface area contributed by atoms with Gasteiger partial charge in [-0.2, -0.15) is 5.01 Å². The van der Waals surface area contributed by atoms with Crippen molar-refractivity contribution in [3.05, 3.63) is 64.6 Å². The quantitative estimate of drug-likeness (QED) is 0.531. The van der Waals surface area contributed by atoms with Gasteiger partial charge in [0.2, 0.25) is 0 Å². The second-order valence-electron chi connectivity index (χ2n) is 6.10. The molecular formula is C21H20N2O4S2. The SMILES string of the molecule is CCCOc1ccc(C=C2SC(=S)N(NC(=O)c3ccc(OC)cc3)C2=O)cc1. The van der Waals surface area contributed by atoms with E-state index in [9.17, 15) is 9.59 Å². The Kier molecular flexibility index (Phi) is 6.90. The van der Waals surface area contributed by atoms with Gasteiger partial charge >= 0.3 is 0 Å². The molecule has 0 atom stereocenters. The second-order valence-corrected chi connectivity index (χ2v) is 7.78. The summed E-state index contributed by atoms with van der Waals surface area (Å²) >= 11 is 6.40. The van der Waals surface area contributed by atoms with Crippen molar-refractivity contribution in [2.24, 2.45) is 0 Å². The molecule has 2 amide bonds. The van der Waals surface area contributed by atoms with Gasteiger partial charge in [0.15, 0.2) is 4.32 Å². The van der Waals surface area contributed by atoms with Crippen LogP contribution in [0.3, 0.4) is 0 Å². The first-order chi connectivity index (χ1) is 14.0. The molecule has 0 spiro atoms. The van der Waals surface area contributed by atoms with Crippen LogP contribution in [0.5, 0.6) is 11.5 Å². The number of thioether (sulfide) groups is 1. The van der Waals surface area contributed by atoms with Crippen molar-refractivity contribution in [3.63, 3.8) is 0 Å². The number of amides is 2. The van der Waals surface area contributed by atoms with Crippen molar-refractivity contribution in [2.75, 3.05) is 13.7 Å². The minimum absolute atomic E-state index is 0.269. The van der Waals surface area contributed by atoms with Gasteiger partial charge < -0.3 is 9.47 Å². The lowest BCUT2D eigenvalue weighted by Crippen LogP contribution is -2.44. The van der Waals surface area contributed by atoms with Crippen LogP contribution < -0.4 is 14.9 Å². The van der Waals surface area contributed by atoms with Crippen molar-refractivity contribution >= 4 is 46.2 Å². The van der Waals surface area contributed by atoms with Crippen LogP contribution in [0.15, 0.2) is 53.4 Å². The van der Waals surface area contributed by atoms with Gasteiger partial charge in [0.25, 0.3) is 11.8 Å². The minimum Gasteiger partial charge on any atom is -0.497 e. The third kappa shape index (κ3) is 5.16. The number of carbonyl (C=O) groups excluding carboxylic acids is 2. The molecule has 8 heteroatoms. The molecule has 0 aromatic heterocycles. The number of rotatable bonds is 7. The van der Waals surface area contributed by atoms with Crippen molar-refractivity contribution in [1.29, 1.82) is 0 Å². The fourth-order valence-corrected chi connectivity index (χ4v) is 3.68. The summed E-state index contributed by atoms with van der Waals surface area (Å²) in [6.07, 6.45) is 2.68. The summed E-state index contributed by atoms with van der Waals surface area (Å²) in [6, 6.07) is 14.0. The van der Waals surface area contributed by atoms with Gasteiger partial charge in [-0.05, 0) is 66.7 Å². The Bertz CT molecular complexity index is 940. The largest absolute Gasteiger partial charge is 0.497 e. The zero-order valence-corrected chi connectivity index (χ0v) is 17.6. The number of benzene rings is 2. The average Bonchev–Trinajstić information content (AvgIpc) is 3.00. The van der Waals surface area contributed by atoms with E-state index in [1.54, 1.807) is 37.5 Å². The summed E-state index contributed by atoms with van der Waals surface area (Å²) in [5, 5.41) is 1.09. The van der Waals surface area contributed by atoms with E-state index < -0.39 is 5.91 Å². The van der Waals surface area contributed by atoms with Crippen LogP contribution in [0.25, 0.3) is 6.08 Å². The summed E-state index contributed by atoms with van der Waals surface area (Å²) in [5.74, 6) is 0.625. The first kappa shape index (κ1) is 20.9. The van der Waals surface area contributed by atoms with Crippen LogP contribution in [0.1, 0.15) is 29.3 Å². The van der Waals surface area contributed by atoms with Crippen LogP contribution in [-0.2, 0) is 4.79 Å². The lowest BCUT2D eigenvalue weighted by Gasteiger charge is -2.15. The highest BCUT2D eigenvalue weighted by Gasteiger charge is 2.33. The maximum absolute atomic E-state index is 12.7. The molecule has 150 valence electrons. The van der Waals surface area contributed by atoms with Crippen LogP contribution in [-0.4, -0.2) is 34.9 Å². The highest BCUT2D eigenvalue weighted by atomic mass is 32.2. The van der Waals surface area contributed by atoms with Crippen molar-refractivity contribution < 1.29 is 19.1 Å². The molecule has 3 rings (SSSR count). The van der Waals surface area contributed by atoms with Crippen LogP contribution >= 0.6 is 24.0 Å². The molecule has 1 saturated heterocycles. The van der Waals surface area contributed by atoms with Crippen LogP contribution in [0.2, 0.25) is 0 Å². The Labute approximate surface area is 178 Å². The van der Waals surface area contributed by atoms with Gasteiger partial charge in [0.05, 0.1) is 18.6 Å². The molecule has 0 radical (unpaired) electrons. The first-order valence-electron chi connectivity index (χ1n) is 8.97. The molecule has 0 bridgehead atoms. The van der Waals surface area contributed by atoms with E-state index in [0.717, 1.165) is 34.5 Å². The van der Waals surface area contributed by atoms with Gasteiger partial charge in [0, 0.05) is 5.56 Å². The molecular weight excluding hydrogens is 408 g/mol. The molecule has 1 aliphatic rings. The normalized spacial score (nSPS) is 15.0. The zero-order chi connectivity index (χ0) is 20.8. The Morgan fingerprint density at radius 3 is 2.41 bits per heavy atom. The summed E-state index contributed by atoms with van der Waals surface area (Å²) < 4.78 is 10.9. The van der Waals surface area contributed by atoms with Crippen LogP contribution in [0.4, 0.5) is 0 Å². The van der Waals surface area contributed by atoms with Crippen molar-refractivity contribution in [3.8, 4) is 11.5 Å². The number of nitrogens with zero attached hydrogens (tertiary/aromatic N) is 1. The lowest BCUT2D eigenvalue weighted by molar-refractivity contribution is -0.123. The Balaban J connectivity index is 1.68.